The molecule has 0 spiro atoms. The Labute approximate surface area is 406 Å². The quantitative estimate of drug-likeness (QED) is 0.0516. The fraction of sp³-hybridized carbons (Fsp3) is 0.897. The molecule has 4 aliphatic carbocycles. The normalized spacial score (nSPS) is 28.7. The first-order chi connectivity index (χ1) is 32.0. The summed E-state index contributed by atoms with van der Waals surface area (Å²) in [7, 11) is 0. The summed E-state index contributed by atoms with van der Waals surface area (Å²) < 4.78 is 18.4. The Morgan fingerprint density at radius 1 is 0.788 bits per heavy atom. The van der Waals surface area contributed by atoms with E-state index in [1.807, 2.05) is 0 Å². The van der Waals surface area contributed by atoms with Crippen molar-refractivity contribution in [3.05, 3.63) is 23.8 Å². The standard InChI is InChI=1S/C58H103N3O5/c1-7-8-9-10-11-12-13-14-15-16-17-18-19-20-21-25-40-64-45-50(44-61-38-23-22-24-39-61)65-41-37-59-55(62)43-60-56(63)66-49-33-35-57(5)48(42-49)29-30-51-53-32-31-52(47(4)28-26-27-46(2)3)58(53,6)36-34-54(51)57/h14-15,29,46-47,49-54H,7-13,16-28,30-45H2,1-6H3,(H,59,62)(H,60,63)/t47?,49-,50?,51-,52?,53?,54?,57-,58+/m0/s1. The van der Waals surface area contributed by atoms with Gasteiger partial charge in [0.15, 0.2) is 0 Å². The first kappa shape index (κ1) is 55.0. The second kappa shape index (κ2) is 30.0. The molecule has 5 rings (SSSR count). The molecule has 3 saturated carbocycles. The van der Waals surface area contributed by atoms with Crippen LogP contribution < -0.4 is 10.6 Å². The number of alkyl carbamates (subject to hydrolysis) is 1. The minimum Gasteiger partial charge on any atom is -0.446 e. The van der Waals surface area contributed by atoms with Crippen LogP contribution in [0, 0.1) is 46.3 Å². The Bertz CT molecular complexity index is 1430. The number of nitrogens with one attached hydrogen (secondary N) is 2. The summed E-state index contributed by atoms with van der Waals surface area (Å²) >= 11 is 0. The van der Waals surface area contributed by atoms with Crippen molar-refractivity contribution in [2.45, 2.75) is 234 Å². The lowest BCUT2D eigenvalue weighted by atomic mass is 9.47. The molecule has 0 radical (unpaired) electrons. The lowest BCUT2D eigenvalue weighted by molar-refractivity contribution is -0.120. The molecule has 0 aromatic carbocycles. The zero-order chi connectivity index (χ0) is 47.0. The minimum absolute atomic E-state index is 0.0174. The number of amides is 2. The van der Waals surface area contributed by atoms with Crippen LogP contribution in [0.1, 0.15) is 221 Å². The van der Waals surface area contributed by atoms with Crippen molar-refractivity contribution >= 4 is 12.0 Å². The molecule has 380 valence electrons. The monoisotopic (exact) mass is 922 g/mol. The number of carbonyl (C=O) groups excluding carboxylic acids is 2. The van der Waals surface area contributed by atoms with Crippen LogP contribution in [0.5, 0.6) is 0 Å². The van der Waals surface area contributed by atoms with Crippen LogP contribution in [0.3, 0.4) is 0 Å². The Morgan fingerprint density at radius 3 is 2.23 bits per heavy atom. The lowest BCUT2D eigenvalue weighted by Crippen LogP contribution is -2.51. The molecule has 4 fully saturated rings. The molecule has 2 N–H and O–H groups in total. The van der Waals surface area contributed by atoms with Crippen molar-refractivity contribution in [3.8, 4) is 0 Å². The molecule has 1 heterocycles. The second-order valence-electron chi connectivity index (χ2n) is 23.1. The van der Waals surface area contributed by atoms with Crippen LogP contribution in [0.4, 0.5) is 4.79 Å². The molecule has 5 aliphatic rings. The summed E-state index contributed by atoms with van der Waals surface area (Å²) in [6.07, 6.45) is 42.5. The smallest absolute Gasteiger partial charge is 0.407 e. The minimum atomic E-state index is -0.488. The number of hydrogen-bond donors (Lipinski definition) is 2. The van der Waals surface area contributed by atoms with E-state index in [0.29, 0.717) is 25.2 Å². The second-order valence-corrected chi connectivity index (χ2v) is 23.1. The van der Waals surface area contributed by atoms with E-state index < -0.39 is 6.09 Å². The van der Waals surface area contributed by atoms with Crippen LogP contribution in [-0.4, -0.2) is 81.7 Å². The van der Waals surface area contributed by atoms with Gasteiger partial charge in [-0.2, -0.15) is 0 Å². The maximum Gasteiger partial charge on any atom is 0.407 e. The Morgan fingerprint density at radius 2 is 1.50 bits per heavy atom. The maximum absolute atomic E-state index is 13.0. The van der Waals surface area contributed by atoms with E-state index in [1.54, 1.807) is 0 Å². The average molecular weight is 922 g/mol. The third-order valence-electron chi connectivity index (χ3n) is 17.7. The summed E-state index contributed by atoms with van der Waals surface area (Å²) in [4.78, 5) is 28.2. The molecule has 1 saturated heterocycles. The van der Waals surface area contributed by atoms with Crippen molar-refractivity contribution in [3.63, 3.8) is 0 Å². The molecular weight excluding hydrogens is 819 g/mol. The molecule has 0 aromatic rings. The highest BCUT2D eigenvalue weighted by atomic mass is 16.6. The molecule has 1 aliphatic heterocycles. The van der Waals surface area contributed by atoms with E-state index in [4.69, 9.17) is 14.2 Å². The van der Waals surface area contributed by atoms with E-state index in [1.165, 1.54) is 160 Å². The Kier molecular flexibility index (Phi) is 25.0. The van der Waals surface area contributed by atoms with Crippen molar-refractivity contribution < 1.29 is 23.8 Å². The highest BCUT2D eigenvalue weighted by Gasteiger charge is 2.59. The molecule has 5 unspecified atom stereocenters. The topological polar surface area (TPSA) is 89.1 Å². The molecular formula is C58H103N3O5. The Balaban J connectivity index is 0.919. The van der Waals surface area contributed by atoms with Crippen LogP contribution >= 0.6 is 0 Å². The number of rotatable bonds is 32. The molecule has 8 nitrogen and oxygen atoms in total. The van der Waals surface area contributed by atoms with Gasteiger partial charge in [0.25, 0.3) is 0 Å². The fourth-order valence-corrected chi connectivity index (χ4v) is 13.8. The predicted molar refractivity (Wildman–Crippen MR) is 275 cm³/mol. The van der Waals surface area contributed by atoms with Crippen molar-refractivity contribution in [1.29, 1.82) is 0 Å². The van der Waals surface area contributed by atoms with Gasteiger partial charge in [-0.25, -0.2) is 4.79 Å². The van der Waals surface area contributed by atoms with E-state index in [2.05, 4.69) is 75.3 Å². The van der Waals surface area contributed by atoms with Crippen molar-refractivity contribution in [1.82, 2.24) is 15.5 Å². The van der Waals surface area contributed by atoms with Gasteiger partial charge in [0, 0.05) is 26.1 Å². The lowest BCUT2D eigenvalue weighted by Gasteiger charge is -2.58. The predicted octanol–water partition coefficient (Wildman–Crippen LogP) is 14.2. The zero-order valence-corrected chi connectivity index (χ0v) is 43.8. The largest absolute Gasteiger partial charge is 0.446 e. The molecule has 2 amide bonds. The van der Waals surface area contributed by atoms with Gasteiger partial charge < -0.3 is 29.7 Å². The van der Waals surface area contributed by atoms with Crippen LogP contribution in [-0.2, 0) is 19.0 Å². The highest BCUT2D eigenvalue weighted by molar-refractivity contribution is 5.82. The number of likely N-dealkylation sites (tertiary alicyclic amines) is 1. The SMILES string of the molecule is CCCCCCCCC=CCCCCCCCCOCC(CN1CCCCC1)OCCNC(=O)CNC(=O)O[C@H]1CC[C@@]2(C)C(=CC[C@H]3C4CCC(C(C)CCCC(C)C)[C@@]4(C)CCC32)C1. The highest BCUT2D eigenvalue weighted by Crippen LogP contribution is 2.67. The van der Waals surface area contributed by atoms with E-state index in [9.17, 15) is 9.59 Å². The maximum atomic E-state index is 13.0. The average Bonchev–Trinajstić information content (AvgIpc) is 3.67. The van der Waals surface area contributed by atoms with Gasteiger partial charge >= 0.3 is 6.09 Å². The third-order valence-corrected chi connectivity index (χ3v) is 17.7. The number of allylic oxidation sites excluding steroid dienone is 3. The Hall–Kier alpha value is -1.90. The number of ether oxygens (including phenoxy) is 3. The number of nitrogens with zero attached hydrogens (tertiary/aromatic N) is 1. The summed E-state index contributed by atoms with van der Waals surface area (Å²) in [6.45, 7) is 20.0. The molecule has 66 heavy (non-hydrogen) atoms. The van der Waals surface area contributed by atoms with Gasteiger partial charge in [-0.3, -0.25) is 4.79 Å². The van der Waals surface area contributed by atoms with E-state index in [0.717, 1.165) is 87.4 Å². The zero-order valence-electron chi connectivity index (χ0n) is 43.8. The molecule has 0 bridgehead atoms. The number of unbranched alkanes of at least 4 members (excludes halogenated alkanes) is 12. The molecule has 8 heteroatoms. The summed E-state index contributed by atoms with van der Waals surface area (Å²) in [6, 6.07) is 0. The molecule has 9 atom stereocenters. The van der Waals surface area contributed by atoms with Gasteiger partial charge in [0.1, 0.15) is 6.10 Å². The number of carbonyl (C=O) groups is 2. The van der Waals surface area contributed by atoms with E-state index >= 15 is 0 Å². The van der Waals surface area contributed by atoms with Gasteiger partial charge in [0.2, 0.25) is 5.91 Å². The van der Waals surface area contributed by atoms with Gasteiger partial charge in [-0.15, -0.1) is 0 Å². The van der Waals surface area contributed by atoms with Gasteiger partial charge in [0.05, 0.1) is 25.9 Å². The number of hydrogen-bond acceptors (Lipinski definition) is 6. The first-order valence-electron chi connectivity index (χ1n) is 28.5. The summed E-state index contributed by atoms with van der Waals surface area (Å²) in [5.41, 5.74) is 2.23. The van der Waals surface area contributed by atoms with Gasteiger partial charge in [-0.05, 0) is 149 Å². The van der Waals surface area contributed by atoms with E-state index in [-0.39, 0.29) is 30.1 Å². The third kappa shape index (κ3) is 17.8. The van der Waals surface area contributed by atoms with Gasteiger partial charge in [-0.1, -0.05) is 149 Å². The number of fused-ring (bicyclic) bond motifs is 5. The van der Waals surface area contributed by atoms with Crippen LogP contribution in [0.25, 0.3) is 0 Å². The molecule has 0 aromatic heterocycles. The fourth-order valence-electron chi connectivity index (χ4n) is 13.8. The first-order valence-corrected chi connectivity index (χ1v) is 28.5. The number of piperidine rings is 1. The van der Waals surface area contributed by atoms with Crippen molar-refractivity contribution in [2.75, 3.05) is 52.5 Å². The van der Waals surface area contributed by atoms with Crippen molar-refractivity contribution in [2.24, 2.45) is 46.3 Å². The summed E-state index contributed by atoms with van der Waals surface area (Å²) in [5, 5.41) is 5.67. The van der Waals surface area contributed by atoms with Crippen LogP contribution in [0.15, 0.2) is 23.8 Å². The van der Waals surface area contributed by atoms with Crippen LogP contribution in [0.2, 0.25) is 0 Å². The summed E-state index contributed by atoms with van der Waals surface area (Å²) in [5.74, 6) is 4.67.